The fourth-order valence-corrected chi connectivity index (χ4v) is 3.18. The first-order chi connectivity index (χ1) is 8.20. The molecule has 0 spiro atoms. The third-order valence-electron chi connectivity index (χ3n) is 2.15. The minimum Gasteiger partial charge on any atom is -0.308 e. The van der Waals surface area contributed by atoms with Crippen LogP contribution in [0.15, 0.2) is 24.3 Å². The molecular formula is C13H20O3P. The van der Waals surface area contributed by atoms with Gasteiger partial charge in [0, 0.05) is 0 Å². The number of benzene rings is 1. The Morgan fingerprint density at radius 3 is 2.12 bits per heavy atom. The molecule has 95 valence electrons. The van der Waals surface area contributed by atoms with Gasteiger partial charge in [-0.2, -0.15) is 0 Å². The van der Waals surface area contributed by atoms with E-state index in [9.17, 15) is 4.57 Å². The molecule has 0 heterocycles. The second kappa shape index (κ2) is 7.65. The monoisotopic (exact) mass is 255 g/mol. The van der Waals surface area contributed by atoms with Crippen molar-refractivity contribution in [2.24, 2.45) is 0 Å². The molecule has 0 saturated carbocycles. The summed E-state index contributed by atoms with van der Waals surface area (Å²) in [5, 5.41) is 0. The molecule has 4 heteroatoms. The molecule has 0 aromatic heterocycles. The van der Waals surface area contributed by atoms with E-state index in [0.29, 0.717) is 19.4 Å². The second-order valence-corrected chi connectivity index (χ2v) is 5.90. The quantitative estimate of drug-likeness (QED) is 0.658. The van der Waals surface area contributed by atoms with Gasteiger partial charge in [-0.3, -0.25) is 4.57 Å². The van der Waals surface area contributed by atoms with Gasteiger partial charge in [-0.25, -0.2) is 0 Å². The number of hydrogen-bond donors (Lipinski definition) is 0. The molecule has 1 rings (SSSR count). The van der Waals surface area contributed by atoms with Crippen LogP contribution in [0.5, 0.6) is 0 Å². The van der Waals surface area contributed by atoms with Crippen LogP contribution >= 0.6 is 7.60 Å². The molecule has 0 aliphatic carbocycles. The van der Waals surface area contributed by atoms with Gasteiger partial charge in [0.05, 0.1) is 19.4 Å². The third kappa shape index (κ3) is 5.49. The standard InChI is InChI=1S/C13H20O3P/c1-3-10-15-17(14,16-11-4-2)12-13-8-6-5-7-9-13/h6-9H,3-4,10-12H2,1-2H3. The van der Waals surface area contributed by atoms with Gasteiger partial charge in [0.25, 0.3) is 0 Å². The van der Waals surface area contributed by atoms with Crippen LogP contribution in [-0.2, 0) is 19.8 Å². The first-order valence-corrected chi connectivity index (χ1v) is 7.76. The summed E-state index contributed by atoms with van der Waals surface area (Å²) in [5.74, 6) is 0. The molecule has 1 aromatic rings. The van der Waals surface area contributed by atoms with Crippen molar-refractivity contribution in [3.05, 3.63) is 35.9 Å². The number of rotatable bonds is 8. The smallest absolute Gasteiger partial charge is 0.308 e. The molecular weight excluding hydrogens is 235 g/mol. The number of hydrogen-bond acceptors (Lipinski definition) is 3. The molecule has 0 saturated heterocycles. The van der Waals surface area contributed by atoms with Crippen molar-refractivity contribution in [1.29, 1.82) is 0 Å². The molecule has 0 fully saturated rings. The van der Waals surface area contributed by atoms with Crippen molar-refractivity contribution in [1.82, 2.24) is 0 Å². The zero-order valence-electron chi connectivity index (χ0n) is 10.5. The molecule has 0 aliphatic rings. The Morgan fingerprint density at radius 1 is 1.12 bits per heavy atom. The Morgan fingerprint density at radius 2 is 1.65 bits per heavy atom. The summed E-state index contributed by atoms with van der Waals surface area (Å²) in [5.41, 5.74) is 0.958. The third-order valence-corrected chi connectivity index (χ3v) is 4.05. The highest BCUT2D eigenvalue weighted by atomic mass is 31.2. The zero-order chi connectivity index (χ0) is 12.6. The average Bonchev–Trinajstić information content (AvgIpc) is 2.35. The topological polar surface area (TPSA) is 35.5 Å². The molecule has 1 aromatic carbocycles. The minimum atomic E-state index is -2.99. The molecule has 0 N–H and O–H groups in total. The van der Waals surface area contributed by atoms with Crippen LogP contribution in [0, 0.1) is 6.07 Å². The summed E-state index contributed by atoms with van der Waals surface area (Å²) in [6.07, 6.45) is 2.01. The van der Waals surface area contributed by atoms with E-state index < -0.39 is 7.60 Å². The summed E-state index contributed by atoms with van der Waals surface area (Å²) in [4.78, 5) is 0. The van der Waals surface area contributed by atoms with Gasteiger partial charge in [-0.15, -0.1) is 0 Å². The maximum absolute atomic E-state index is 12.4. The highest BCUT2D eigenvalue weighted by Gasteiger charge is 2.24. The van der Waals surface area contributed by atoms with Gasteiger partial charge in [0.15, 0.2) is 0 Å². The van der Waals surface area contributed by atoms with E-state index >= 15 is 0 Å². The maximum atomic E-state index is 12.4. The highest BCUT2D eigenvalue weighted by Crippen LogP contribution is 2.51. The van der Waals surface area contributed by atoms with Crippen molar-refractivity contribution in [3.8, 4) is 0 Å². The van der Waals surface area contributed by atoms with E-state index in [1.807, 2.05) is 26.0 Å². The summed E-state index contributed by atoms with van der Waals surface area (Å²) in [6.45, 7) is 4.92. The van der Waals surface area contributed by atoms with Crippen LogP contribution in [0.3, 0.4) is 0 Å². The molecule has 17 heavy (non-hydrogen) atoms. The Kier molecular flexibility index (Phi) is 6.49. The van der Waals surface area contributed by atoms with Gasteiger partial charge >= 0.3 is 7.60 Å². The van der Waals surface area contributed by atoms with Crippen molar-refractivity contribution < 1.29 is 13.6 Å². The van der Waals surface area contributed by atoms with Crippen molar-refractivity contribution in [2.75, 3.05) is 13.2 Å². The van der Waals surface area contributed by atoms with E-state index in [1.165, 1.54) is 0 Å². The normalized spacial score (nSPS) is 11.6. The van der Waals surface area contributed by atoms with E-state index in [0.717, 1.165) is 18.4 Å². The Hall–Kier alpha value is -0.630. The molecule has 1 radical (unpaired) electrons. The van der Waals surface area contributed by atoms with E-state index in [-0.39, 0.29) is 0 Å². The lowest BCUT2D eigenvalue weighted by Gasteiger charge is -2.18. The first kappa shape index (κ1) is 14.4. The SMILES string of the molecule is CCCOP(=O)(Cc1cc[c]cc1)OCCC. The van der Waals surface area contributed by atoms with Crippen LogP contribution in [0.2, 0.25) is 0 Å². The molecule has 3 nitrogen and oxygen atoms in total. The van der Waals surface area contributed by atoms with Gasteiger partial charge in [-0.1, -0.05) is 38.1 Å². The Bertz CT molecular complexity index is 339. The van der Waals surface area contributed by atoms with E-state index in [4.69, 9.17) is 9.05 Å². The molecule has 0 bridgehead atoms. The Balaban J connectivity index is 2.65. The molecule has 0 unspecified atom stereocenters. The summed E-state index contributed by atoms with van der Waals surface area (Å²) in [7, 11) is -2.99. The van der Waals surface area contributed by atoms with Gasteiger partial charge in [0.1, 0.15) is 0 Å². The lowest BCUT2D eigenvalue weighted by Crippen LogP contribution is -2.01. The van der Waals surface area contributed by atoms with E-state index in [1.54, 1.807) is 12.1 Å². The minimum absolute atomic E-state index is 0.335. The van der Waals surface area contributed by atoms with Crippen LogP contribution < -0.4 is 0 Å². The lowest BCUT2D eigenvalue weighted by atomic mass is 10.2. The second-order valence-electron chi connectivity index (χ2n) is 3.84. The van der Waals surface area contributed by atoms with Gasteiger partial charge < -0.3 is 9.05 Å². The van der Waals surface area contributed by atoms with Crippen LogP contribution in [-0.4, -0.2) is 13.2 Å². The zero-order valence-corrected chi connectivity index (χ0v) is 11.4. The largest absolute Gasteiger partial charge is 0.335 e. The summed E-state index contributed by atoms with van der Waals surface area (Å²) >= 11 is 0. The predicted molar refractivity (Wildman–Crippen MR) is 69.1 cm³/mol. The molecule has 0 atom stereocenters. The molecule has 0 aliphatic heterocycles. The average molecular weight is 255 g/mol. The van der Waals surface area contributed by atoms with Crippen molar-refractivity contribution in [2.45, 2.75) is 32.9 Å². The van der Waals surface area contributed by atoms with Crippen LogP contribution in [0.4, 0.5) is 0 Å². The lowest BCUT2D eigenvalue weighted by molar-refractivity contribution is 0.203. The first-order valence-electron chi connectivity index (χ1n) is 6.03. The van der Waals surface area contributed by atoms with Gasteiger partial charge in [-0.05, 0) is 24.5 Å². The van der Waals surface area contributed by atoms with Crippen LogP contribution in [0.25, 0.3) is 0 Å². The molecule has 0 amide bonds. The van der Waals surface area contributed by atoms with Crippen molar-refractivity contribution >= 4 is 7.60 Å². The van der Waals surface area contributed by atoms with Crippen molar-refractivity contribution in [3.63, 3.8) is 0 Å². The highest BCUT2D eigenvalue weighted by molar-refractivity contribution is 7.53. The maximum Gasteiger partial charge on any atom is 0.335 e. The van der Waals surface area contributed by atoms with Gasteiger partial charge in [0.2, 0.25) is 0 Å². The Labute approximate surface area is 104 Å². The summed E-state index contributed by atoms with van der Waals surface area (Å²) in [6, 6.07) is 10.3. The van der Waals surface area contributed by atoms with Crippen LogP contribution in [0.1, 0.15) is 32.3 Å². The predicted octanol–water partition coefficient (Wildman–Crippen LogP) is 4.03. The fourth-order valence-electron chi connectivity index (χ4n) is 1.34. The fraction of sp³-hybridized carbons (Fsp3) is 0.538. The van der Waals surface area contributed by atoms with E-state index in [2.05, 4.69) is 6.07 Å². The summed E-state index contributed by atoms with van der Waals surface area (Å²) < 4.78 is 23.3.